The fourth-order valence-corrected chi connectivity index (χ4v) is 4.70. The summed E-state index contributed by atoms with van der Waals surface area (Å²) in [6.45, 7) is 3.50. The van der Waals surface area contributed by atoms with E-state index in [1.807, 2.05) is 49.5 Å². The molecule has 1 saturated carbocycles. The Morgan fingerprint density at radius 2 is 2.00 bits per heavy atom. The Morgan fingerprint density at radius 1 is 1.24 bits per heavy atom. The SMILES string of the molecule is CCNC1=NCc2cc(CC(=O)C[C@@H](c3ccccc3)C3(O)CCCC3)ncc21. The summed E-state index contributed by atoms with van der Waals surface area (Å²) >= 11 is 0. The van der Waals surface area contributed by atoms with Crippen molar-refractivity contribution in [3.05, 3.63) is 65.0 Å². The minimum Gasteiger partial charge on any atom is -0.389 e. The molecule has 29 heavy (non-hydrogen) atoms. The molecule has 1 fully saturated rings. The van der Waals surface area contributed by atoms with Crippen LogP contribution >= 0.6 is 0 Å². The Hall–Kier alpha value is -2.53. The van der Waals surface area contributed by atoms with Gasteiger partial charge in [0.1, 0.15) is 11.6 Å². The number of rotatable bonds is 7. The van der Waals surface area contributed by atoms with E-state index >= 15 is 0 Å². The molecule has 0 saturated heterocycles. The number of hydrogen-bond donors (Lipinski definition) is 2. The van der Waals surface area contributed by atoms with Crippen LogP contribution in [-0.4, -0.2) is 33.9 Å². The van der Waals surface area contributed by atoms with E-state index in [0.717, 1.165) is 60.4 Å². The van der Waals surface area contributed by atoms with Gasteiger partial charge in [0.25, 0.3) is 0 Å². The molecule has 4 rings (SSSR count). The number of hydrogen-bond acceptors (Lipinski definition) is 5. The van der Waals surface area contributed by atoms with Crippen molar-refractivity contribution in [2.24, 2.45) is 4.99 Å². The van der Waals surface area contributed by atoms with Gasteiger partial charge in [0.05, 0.1) is 12.1 Å². The topological polar surface area (TPSA) is 74.6 Å². The molecule has 2 aromatic rings. The van der Waals surface area contributed by atoms with Crippen LogP contribution in [0, 0.1) is 0 Å². The summed E-state index contributed by atoms with van der Waals surface area (Å²) < 4.78 is 0. The van der Waals surface area contributed by atoms with Gasteiger partial charge >= 0.3 is 0 Å². The fourth-order valence-electron chi connectivity index (χ4n) is 4.70. The number of fused-ring (bicyclic) bond motifs is 1. The summed E-state index contributed by atoms with van der Waals surface area (Å²) in [6.07, 6.45) is 6.04. The number of Topliss-reactive ketones (excluding diaryl/α,β-unsaturated/α-hetero) is 1. The highest BCUT2D eigenvalue weighted by molar-refractivity contribution is 6.01. The van der Waals surface area contributed by atoms with Gasteiger partial charge in [-0.15, -0.1) is 0 Å². The first kappa shape index (κ1) is 19.8. The Morgan fingerprint density at radius 3 is 2.72 bits per heavy atom. The van der Waals surface area contributed by atoms with Crippen LogP contribution in [0.4, 0.5) is 0 Å². The van der Waals surface area contributed by atoms with Crippen LogP contribution in [0.15, 0.2) is 47.6 Å². The quantitative estimate of drug-likeness (QED) is 0.757. The molecule has 5 nitrogen and oxygen atoms in total. The second-order valence-corrected chi connectivity index (χ2v) is 8.22. The normalized spacial score (nSPS) is 18.2. The number of nitrogens with zero attached hydrogens (tertiary/aromatic N) is 2. The summed E-state index contributed by atoms with van der Waals surface area (Å²) in [5.41, 5.74) is 3.21. The Bertz CT molecular complexity index is 902. The van der Waals surface area contributed by atoms with Crippen molar-refractivity contribution >= 4 is 11.6 Å². The van der Waals surface area contributed by atoms with E-state index in [0.29, 0.717) is 19.4 Å². The van der Waals surface area contributed by atoms with Gasteiger partial charge in [0.2, 0.25) is 0 Å². The smallest absolute Gasteiger partial charge is 0.139 e. The van der Waals surface area contributed by atoms with Crippen LogP contribution in [-0.2, 0) is 17.8 Å². The Labute approximate surface area is 172 Å². The lowest BCUT2D eigenvalue weighted by molar-refractivity contribution is -0.120. The van der Waals surface area contributed by atoms with E-state index in [1.54, 1.807) is 0 Å². The summed E-state index contributed by atoms with van der Waals surface area (Å²) in [6, 6.07) is 12.0. The number of amidine groups is 1. The zero-order chi connectivity index (χ0) is 20.3. The molecule has 0 amide bonds. The van der Waals surface area contributed by atoms with E-state index in [4.69, 9.17) is 0 Å². The van der Waals surface area contributed by atoms with Crippen molar-refractivity contribution in [2.75, 3.05) is 6.54 Å². The number of nitrogens with one attached hydrogen (secondary N) is 1. The first-order chi connectivity index (χ1) is 14.1. The first-order valence-electron chi connectivity index (χ1n) is 10.6. The zero-order valence-corrected chi connectivity index (χ0v) is 17.0. The van der Waals surface area contributed by atoms with E-state index < -0.39 is 5.60 Å². The lowest BCUT2D eigenvalue weighted by atomic mass is 9.77. The predicted molar refractivity (Wildman–Crippen MR) is 114 cm³/mol. The molecular weight excluding hydrogens is 362 g/mol. The number of pyridine rings is 1. The summed E-state index contributed by atoms with van der Waals surface area (Å²) in [5.74, 6) is 0.856. The van der Waals surface area contributed by atoms with Crippen molar-refractivity contribution in [2.45, 2.75) is 63.5 Å². The van der Waals surface area contributed by atoms with Crippen molar-refractivity contribution in [1.82, 2.24) is 10.3 Å². The third-order valence-corrected chi connectivity index (χ3v) is 6.18. The molecule has 2 N–H and O–H groups in total. The molecule has 0 unspecified atom stereocenters. The van der Waals surface area contributed by atoms with Gasteiger partial charge in [0, 0.05) is 42.8 Å². The monoisotopic (exact) mass is 391 g/mol. The zero-order valence-electron chi connectivity index (χ0n) is 17.0. The van der Waals surface area contributed by atoms with Crippen LogP contribution in [0.5, 0.6) is 0 Å². The number of aliphatic imine (C=N–C) groups is 1. The maximum atomic E-state index is 13.0. The maximum absolute atomic E-state index is 13.0. The molecule has 0 spiro atoms. The molecule has 5 heteroatoms. The molecule has 1 aliphatic heterocycles. The average Bonchev–Trinajstić information content (AvgIpc) is 3.34. The summed E-state index contributed by atoms with van der Waals surface area (Å²) in [5, 5.41) is 14.5. The molecule has 1 aromatic heterocycles. The number of benzene rings is 1. The number of carbonyl (C=O) groups is 1. The van der Waals surface area contributed by atoms with Gasteiger partial charge in [-0.05, 0) is 37.0 Å². The van der Waals surface area contributed by atoms with Crippen molar-refractivity contribution in [3.8, 4) is 0 Å². The Kier molecular flexibility index (Phi) is 5.76. The molecule has 152 valence electrons. The van der Waals surface area contributed by atoms with Crippen molar-refractivity contribution in [3.63, 3.8) is 0 Å². The highest BCUT2D eigenvalue weighted by atomic mass is 16.3. The van der Waals surface area contributed by atoms with Gasteiger partial charge in [-0.25, -0.2) is 0 Å². The fraction of sp³-hybridized carbons (Fsp3) is 0.458. The first-order valence-corrected chi connectivity index (χ1v) is 10.6. The van der Waals surface area contributed by atoms with Crippen LogP contribution in [0.3, 0.4) is 0 Å². The minimum atomic E-state index is -0.781. The molecule has 1 atom stereocenters. The van der Waals surface area contributed by atoms with Crippen molar-refractivity contribution in [1.29, 1.82) is 0 Å². The highest BCUT2D eigenvalue weighted by Crippen LogP contribution is 2.43. The van der Waals surface area contributed by atoms with Crippen LogP contribution < -0.4 is 5.32 Å². The molecule has 1 aromatic carbocycles. The Balaban J connectivity index is 1.48. The second kappa shape index (κ2) is 8.46. The van der Waals surface area contributed by atoms with Gasteiger partial charge in [-0.2, -0.15) is 0 Å². The van der Waals surface area contributed by atoms with Crippen LogP contribution in [0.2, 0.25) is 0 Å². The van der Waals surface area contributed by atoms with Crippen LogP contribution in [0.1, 0.15) is 67.3 Å². The average molecular weight is 392 g/mol. The van der Waals surface area contributed by atoms with Crippen LogP contribution in [0.25, 0.3) is 0 Å². The maximum Gasteiger partial charge on any atom is 0.139 e. The molecule has 2 heterocycles. The van der Waals surface area contributed by atoms with E-state index in [9.17, 15) is 9.90 Å². The number of carbonyl (C=O) groups excluding carboxylic acids is 1. The molecule has 0 bridgehead atoms. The number of aliphatic hydroxyl groups is 1. The number of ketones is 1. The van der Waals surface area contributed by atoms with Gasteiger partial charge in [-0.1, -0.05) is 43.2 Å². The second-order valence-electron chi connectivity index (χ2n) is 8.22. The van der Waals surface area contributed by atoms with Crippen molar-refractivity contribution < 1.29 is 9.90 Å². The minimum absolute atomic E-state index is 0.123. The largest absolute Gasteiger partial charge is 0.389 e. The standard InChI is InChI=1S/C24H29N3O2/c1-2-25-23-21-16-26-19(12-18(21)15-27-23)13-20(28)14-22(17-8-4-3-5-9-17)24(29)10-6-7-11-24/h3-5,8-9,12,16,22,29H,2,6-7,10-11,13-15H2,1H3,(H,25,27)/t22-/m0/s1. The summed E-state index contributed by atoms with van der Waals surface area (Å²) in [4.78, 5) is 22.0. The lowest BCUT2D eigenvalue weighted by Crippen LogP contribution is -2.34. The predicted octanol–water partition coefficient (Wildman–Crippen LogP) is 3.54. The van der Waals surface area contributed by atoms with E-state index in [2.05, 4.69) is 15.3 Å². The van der Waals surface area contributed by atoms with E-state index in [1.165, 1.54) is 0 Å². The van der Waals surface area contributed by atoms with Gasteiger partial charge < -0.3 is 10.4 Å². The van der Waals surface area contributed by atoms with Gasteiger partial charge in [0.15, 0.2) is 0 Å². The van der Waals surface area contributed by atoms with Gasteiger partial charge in [-0.3, -0.25) is 14.8 Å². The third kappa shape index (κ3) is 4.25. The highest BCUT2D eigenvalue weighted by Gasteiger charge is 2.41. The molecule has 1 aliphatic carbocycles. The van der Waals surface area contributed by atoms with E-state index in [-0.39, 0.29) is 11.7 Å². The summed E-state index contributed by atoms with van der Waals surface area (Å²) in [7, 11) is 0. The number of aromatic nitrogens is 1. The molecular formula is C24H29N3O2. The third-order valence-electron chi connectivity index (χ3n) is 6.18. The molecule has 0 radical (unpaired) electrons. The lowest BCUT2D eigenvalue weighted by Gasteiger charge is -2.33. The molecule has 2 aliphatic rings.